The van der Waals surface area contributed by atoms with Gasteiger partial charge >= 0.3 is 0 Å². The molecule has 2 aromatic carbocycles. The van der Waals surface area contributed by atoms with Crippen LogP contribution in [-0.2, 0) is 13.2 Å². The number of benzene rings is 2. The molecule has 0 saturated carbocycles. The molecule has 0 aliphatic carbocycles. The number of nitrogens with one attached hydrogen (secondary N) is 2. The lowest BCUT2D eigenvalue weighted by Crippen LogP contribution is -2.14. The predicted molar refractivity (Wildman–Crippen MR) is 122 cm³/mol. The van der Waals surface area contributed by atoms with E-state index in [9.17, 15) is 4.79 Å². The highest BCUT2D eigenvalue weighted by molar-refractivity contribution is 5.56. The Labute approximate surface area is 181 Å². The fraction of sp³-hybridized carbons (Fsp3) is 0.160. The summed E-state index contributed by atoms with van der Waals surface area (Å²) in [5.74, 6) is 2.09. The Hall–Kier alpha value is -3.93. The van der Waals surface area contributed by atoms with E-state index in [0.29, 0.717) is 24.5 Å². The van der Waals surface area contributed by atoms with E-state index in [4.69, 9.17) is 4.74 Å². The molecule has 2 N–H and O–H groups in total. The maximum absolute atomic E-state index is 12.0. The van der Waals surface area contributed by atoms with Crippen molar-refractivity contribution >= 4 is 5.82 Å². The van der Waals surface area contributed by atoms with Crippen molar-refractivity contribution in [1.82, 2.24) is 15.0 Å². The molecule has 31 heavy (non-hydrogen) atoms. The number of aryl methyl sites for hydroxylation is 1. The van der Waals surface area contributed by atoms with Crippen molar-refractivity contribution in [2.75, 3.05) is 5.32 Å². The molecule has 0 atom stereocenters. The van der Waals surface area contributed by atoms with Crippen molar-refractivity contribution in [3.63, 3.8) is 0 Å². The second-order valence-corrected chi connectivity index (χ2v) is 7.33. The fourth-order valence-electron chi connectivity index (χ4n) is 3.10. The molecule has 0 spiro atoms. The van der Waals surface area contributed by atoms with Gasteiger partial charge in [0, 0.05) is 29.6 Å². The van der Waals surface area contributed by atoms with Gasteiger partial charge in [0.25, 0.3) is 5.56 Å². The van der Waals surface area contributed by atoms with E-state index in [1.54, 1.807) is 13.1 Å². The van der Waals surface area contributed by atoms with Gasteiger partial charge in [-0.2, -0.15) is 0 Å². The highest BCUT2D eigenvalue weighted by Gasteiger charge is 2.07. The molecule has 0 amide bonds. The van der Waals surface area contributed by atoms with E-state index in [0.717, 1.165) is 34.0 Å². The largest absolute Gasteiger partial charge is 0.489 e. The summed E-state index contributed by atoms with van der Waals surface area (Å²) >= 11 is 0. The van der Waals surface area contributed by atoms with Gasteiger partial charge in [-0.1, -0.05) is 42.5 Å². The fourth-order valence-corrected chi connectivity index (χ4v) is 3.10. The molecular formula is C25H24N4O2. The zero-order chi connectivity index (χ0) is 21.6. The van der Waals surface area contributed by atoms with Crippen LogP contribution in [0.25, 0.3) is 11.4 Å². The Morgan fingerprint density at radius 2 is 1.77 bits per heavy atom. The summed E-state index contributed by atoms with van der Waals surface area (Å²) in [7, 11) is 0. The molecule has 0 bridgehead atoms. The topological polar surface area (TPSA) is 79.9 Å². The molecule has 2 aromatic heterocycles. The quantitative estimate of drug-likeness (QED) is 0.462. The second kappa shape index (κ2) is 9.26. The van der Waals surface area contributed by atoms with Crippen LogP contribution < -0.4 is 15.6 Å². The molecule has 0 aliphatic heterocycles. The average Bonchev–Trinajstić information content (AvgIpc) is 2.81. The second-order valence-electron chi connectivity index (χ2n) is 7.33. The summed E-state index contributed by atoms with van der Waals surface area (Å²) in [4.78, 5) is 23.7. The highest BCUT2D eigenvalue weighted by atomic mass is 16.5. The Kier molecular flexibility index (Phi) is 6.08. The number of rotatable bonds is 7. The SMILES string of the molecule is Cc1nc(-c2ccc(NCc3cccc(OCc4ccccc4)c3)nc2)[nH]c(=O)c1C. The number of hydrogen-bond acceptors (Lipinski definition) is 5. The lowest BCUT2D eigenvalue weighted by Gasteiger charge is -2.10. The number of H-pyrrole nitrogens is 1. The maximum atomic E-state index is 12.0. The third kappa shape index (κ3) is 5.17. The summed E-state index contributed by atoms with van der Waals surface area (Å²) in [6.45, 7) is 4.75. The number of ether oxygens (including phenoxy) is 1. The molecule has 2 heterocycles. The van der Waals surface area contributed by atoms with E-state index in [1.165, 1.54) is 0 Å². The molecule has 6 heteroatoms. The van der Waals surface area contributed by atoms with Crippen LogP contribution in [0.3, 0.4) is 0 Å². The molecule has 0 fully saturated rings. The minimum absolute atomic E-state index is 0.126. The van der Waals surface area contributed by atoms with Crippen molar-refractivity contribution in [1.29, 1.82) is 0 Å². The maximum Gasteiger partial charge on any atom is 0.254 e. The van der Waals surface area contributed by atoms with E-state index in [1.807, 2.05) is 73.7 Å². The van der Waals surface area contributed by atoms with E-state index >= 15 is 0 Å². The monoisotopic (exact) mass is 412 g/mol. The number of pyridine rings is 1. The van der Waals surface area contributed by atoms with Gasteiger partial charge in [0.1, 0.15) is 24.0 Å². The summed E-state index contributed by atoms with van der Waals surface area (Å²) in [6, 6.07) is 21.9. The van der Waals surface area contributed by atoms with Gasteiger partial charge in [0.2, 0.25) is 0 Å². The molecule has 4 aromatic rings. The molecule has 156 valence electrons. The van der Waals surface area contributed by atoms with E-state index in [-0.39, 0.29) is 5.56 Å². The van der Waals surface area contributed by atoms with Crippen LogP contribution in [0, 0.1) is 13.8 Å². The normalized spacial score (nSPS) is 10.6. The van der Waals surface area contributed by atoms with E-state index in [2.05, 4.69) is 20.3 Å². The number of hydrogen-bond donors (Lipinski definition) is 2. The molecule has 0 saturated heterocycles. The first kappa shape index (κ1) is 20.3. The van der Waals surface area contributed by atoms with Crippen molar-refractivity contribution < 1.29 is 4.74 Å². The number of anilines is 1. The minimum atomic E-state index is -0.126. The Balaban J connectivity index is 1.38. The molecule has 6 nitrogen and oxygen atoms in total. The molecule has 0 aliphatic rings. The lowest BCUT2D eigenvalue weighted by molar-refractivity contribution is 0.306. The van der Waals surface area contributed by atoms with Gasteiger partial charge in [0.05, 0.1) is 0 Å². The Morgan fingerprint density at radius 3 is 2.52 bits per heavy atom. The number of nitrogens with zero attached hydrogens (tertiary/aromatic N) is 2. The zero-order valence-electron chi connectivity index (χ0n) is 17.6. The van der Waals surface area contributed by atoms with Crippen LogP contribution in [0.1, 0.15) is 22.4 Å². The first-order valence-electron chi connectivity index (χ1n) is 10.1. The third-order valence-corrected chi connectivity index (χ3v) is 5.05. The van der Waals surface area contributed by atoms with Crippen LogP contribution in [-0.4, -0.2) is 15.0 Å². The highest BCUT2D eigenvalue weighted by Crippen LogP contribution is 2.18. The zero-order valence-corrected chi connectivity index (χ0v) is 17.6. The first-order chi connectivity index (χ1) is 15.1. The van der Waals surface area contributed by atoms with Gasteiger partial charge < -0.3 is 15.0 Å². The summed E-state index contributed by atoms with van der Waals surface area (Å²) in [5, 5.41) is 3.31. The van der Waals surface area contributed by atoms with Crippen LogP contribution in [0.5, 0.6) is 5.75 Å². The smallest absolute Gasteiger partial charge is 0.254 e. The van der Waals surface area contributed by atoms with Gasteiger partial charge in [-0.3, -0.25) is 4.79 Å². The van der Waals surface area contributed by atoms with Gasteiger partial charge in [-0.25, -0.2) is 9.97 Å². The van der Waals surface area contributed by atoms with E-state index < -0.39 is 0 Å². The summed E-state index contributed by atoms with van der Waals surface area (Å²) in [6.07, 6.45) is 1.70. The molecule has 0 radical (unpaired) electrons. The molecular weight excluding hydrogens is 388 g/mol. The van der Waals surface area contributed by atoms with Crippen molar-refractivity contribution in [3.05, 3.63) is 106 Å². The minimum Gasteiger partial charge on any atom is -0.489 e. The molecule has 0 unspecified atom stereocenters. The summed E-state index contributed by atoms with van der Waals surface area (Å²) < 4.78 is 5.90. The van der Waals surface area contributed by atoms with Crippen LogP contribution in [0.15, 0.2) is 77.7 Å². The van der Waals surface area contributed by atoms with Gasteiger partial charge in [0.15, 0.2) is 0 Å². The van der Waals surface area contributed by atoms with Gasteiger partial charge in [-0.05, 0) is 49.2 Å². The number of aromatic amines is 1. The lowest BCUT2D eigenvalue weighted by atomic mass is 10.2. The predicted octanol–water partition coefficient (Wildman–Crippen LogP) is 4.64. The average molecular weight is 412 g/mol. The van der Waals surface area contributed by atoms with Crippen LogP contribution in [0.2, 0.25) is 0 Å². The summed E-state index contributed by atoms with van der Waals surface area (Å²) in [5.41, 5.74) is 4.22. The van der Waals surface area contributed by atoms with Crippen molar-refractivity contribution in [2.45, 2.75) is 27.0 Å². The standard InChI is InChI=1S/C25H24N4O2/c1-17-18(2)28-24(29-25(17)30)21-11-12-23(27-15-21)26-14-20-9-6-10-22(13-20)31-16-19-7-4-3-5-8-19/h3-13,15H,14,16H2,1-2H3,(H,26,27)(H,28,29,30). The van der Waals surface area contributed by atoms with Crippen molar-refractivity contribution in [3.8, 4) is 17.1 Å². The Morgan fingerprint density at radius 1 is 0.968 bits per heavy atom. The number of aromatic nitrogens is 3. The Bertz CT molecular complexity index is 1220. The van der Waals surface area contributed by atoms with Crippen LogP contribution in [0.4, 0.5) is 5.82 Å². The first-order valence-corrected chi connectivity index (χ1v) is 10.1. The molecule has 4 rings (SSSR count). The third-order valence-electron chi connectivity index (χ3n) is 5.05. The van der Waals surface area contributed by atoms with Gasteiger partial charge in [-0.15, -0.1) is 0 Å². The van der Waals surface area contributed by atoms with Crippen LogP contribution >= 0.6 is 0 Å². The van der Waals surface area contributed by atoms with Crippen molar-refractivity contribution in [2.24, 2.45) is 0 Å².